The summed E-state index contributed by atoms with van der Waals surface area (Å²) < 4.78 is 0. The molecule has 0 spiro atoms. The van der Waals surface area contributed by atoms with Crippen LogP contribution in [0.3, 0.4) is 0 Å². The van der Waals surface area contributed by atoms with E-state index < -0.39 is 6.10 Å². The molecule has 18 heavy (non-hydrogen) atoms. The molecule has 1 aromatic heterocycles. The predicted molar refractivity (Wildman–Crippen MR) is 69.8 cm³/mol. The number of nitrogens with zero attached hydrogens (tertiary/aromatic N) is 1. The van der Waals surface area contributed by atoms with Gasteiger partial charge in [-0.3, -0.25) is 9.59 Å². The van der Waals surface area contributed by atoms with Gasteiger partial charge in [0.15, 0.2) is 0 Å². The molecule has 2 amide bonds. The number of hydrogen-bond acceptors (Lipinski definition) is 4. The predicted octanol–water partition coefficient (Wildman–Crippen LogP) is 1.30. The Kier molecular flexibility index (Phi) is 3.98. The maximum absolute atomic E-state index is 12.2. The van der Waals surface area contributed by atoms with Crippen LogP contribution in [0.5, 0.6) is 0 Å². The van der Waals surface area contributed by atoms with Crippen LogP contribution in [0.1, 0.15) is 29.4 Å². The fourth-order valence-corrected chi connectivity index (χ4v) is 2.91. The molecule has 0 unspecified atom stereocenters. The lowest BCUT2D eigenvalue weighted by Crippen LogP contribution is -2.41. The molecule has 1 saturated heterocycles. The van der Waals surface area contributed by atoms with E-state index in [0.717, 1.165) is 12.8 Å². The lowest BCUT2D eigenvalue weighted by Gasteiger charge is -2.29. The van der Waals surface area contributed by atoms with E-state index in [1.807, 2.05) is 0 Å². The number of nitrogens with one attached hydrogen (secondary N) is 1. The van der Waals surface area contributed by atoms with Crippen molar-refractivity contribution in [1.29, 1.82) is 0 Å². The number of anilines is 1. The van der Waals surface area contributed by atoms with Gasteiger partial charge in [-0.25, -0.2) is 0 Å². The molecule has 2 N–H and O–H groups in total. The van der Waals surface area contributed by atoms with Crippen molar-refractivity contribution < 1.29 is 14.7 Å². The molecule has 1 aromatic rings. The fourth-order valence-electron chi connectivity index (χ4n) is 1.99. The van der Waals surface area contributed by atoms with Crippen LogP contribution in [-0.2, 0) is 4.79 Å². The van der Waals surface area contributed by atoms with E-state index in [1.54, 1.807) is 17.0 Å². The third-order valence-electron chi connectivity index (χ3n) is 2.80. The molecular weight excluding hydrogens is 252 g/mol. The summed E-state index contributed by atoms with van der Waals surface area (Å²) in [5.74, 6) is -0.223. The third kappa shape index (κ3) is 3.08. The molecule has 0 saturated carbocycles. The summed E-state index contributed by atoms with van der Waals surface area (Å²) in [6, 6.07) is 3.43. The minimum absolute atomic E-state index is 0.0737. The molecule has 1 aliphatic heterocycles. The first-order chi connectivity index (χ1) is 8.56. The van der Waals surface area contributed by atoms with Gasteiger partial charge in [0.05, 0.1) is 16.0 Å². The highest BCUT2D eigenvalue weighted by molar-refractivity contribution is 7.18. The zero-order chi connectivity index (χ0) is 13.1. The second-order valence-electron chi connectivity index (χ2n) is 4.39. The average molecular weight is 268 g/mol. The number of aliphatic hydroxyl groups is 1. The number of amides is 2. The van der Waals surface area contributed by atoms with E-state index in [1.165, 1.54) is 18.3 Å². The number of carbonyl (C=O) groups excluding carboxylic acids is 2. The molecule has 0 bridgehead atoms. The lowest BCUT2D eigenvalue weighted by atomic mass is 10.1. The van der Waals surface area contributed by atoms with E-state index >= 15 is 0 Å². The van der Waals surface area contributed by atoms with Crippen LogP contribution >= 0.6 is 11.3 Å². The van der Waals surface area contributed by atoms with Gasteiger partial charge in [0.25, 0.3) is 5.91 Å². The van der Waals surface area contributed by atoms with Crippen LogP contribution in [0.2, 0.25) is 0 Å². The number of thiophene rings is 1. The summed E-state index contributed by atoms with van der Waals surface area (Å²) in [5.41, 5.74) is 0. The van der Waals surface area contributed by atoms with Crippen LogP contribution in [0.4, 0.5) is 5.00 Å². The number of β-amino-alcohol motifs (C(OH)–C–C–N with tert-alkyl or cyclic N) is 1. The van der Waals surface area contributed by atoms with Crippen LogP contribution in [-0.4, -0.2) is 41.0 Å². The number of piperidine rings is 1. The minimum atomic E-state index is -0.419. The molecule has 0 radical (unpaired) electrons. The average Bonchev–Trinajstić information content (AvgIpc) is 2.75. The van der Waals surface area contributed by atoms with Crippen LogP contribution < -0.4 is 5.32 Å². The highest BCUT2D eigenvalue weighted by Gasteiger charge is 2.24. The Morgan fingerprint density at radius 1 is 1.50 bits per heavy atom. The summed E-state index contributed by atoms with van der Waals surface area (Å²) in [5, 5.41) is 12.9. The van der Waals surface area contributed by atoms with Crippen molar-refractivity contribution in [2.45, 2.75) is 25.9 Å². The van der Waals surface area contributed by atoms with E-state index in [-0.39, 0.29) is 11.8 Å². The molecule has 2 rings (SSSR count). The second-order valence-corrected chi connectivity index (χ2v) is 5.48. The van der Waals surface area contributed by atoms with Gasteiger partial charge in [-0.1, -0.05) is 0 Å². The van der Waals surface area contributed by atoms with Gasteiger partial charge < -0.3 is 15.3 Å². The zero-order valence-electron chi connectivity index (χ0n) is 10.2. The molecule has 1 atom stereocenters. The standard InChI is InChI=1S/C12H16N2O3S/c1-8(15)13-11-5-4-10(18-11)12(17)14-6-2-3-9(16)7-14/h4-5,9,16H,2-3,6-7H2,1H3,(H,13,15)/t9-/m0/s1. The van der Waals surface area contributed by atoms with Gasteiger partial charge >= 0.3 is 0 Å². The quantitative estimate of drug-likeness (QED) is 0.849. The van der Waals surface area contributed by atoms with Crippen molar-refractivity contribution in [2.24, 2.45) is 0 Å². The Labute approximate surface area is 109 Å². The van der Waals surface area contributed by atoms with E-state index in [0.29, 0.717) is 23.0 Å². The third-order valence-corrected chi connectivity index (χ3v) is 3.79. The van der Waals surface area contributed by atoms with Crippen molar-refractivity contribution in [3.05, 3.63) is 17.0 Å². The van der Waals surface area contributed by atoms with Crippen molar-refractivity contribution in [3.63, 3.8) is 0 Å². The van der Waals surface area contributed by atoms with Crippen molar-refractivity contribution >= 4 is 28.2 Å². The van der Waals surface area contributed by atoms with Crippen molar-refractivity contribution in [2.75, 3.05) is 18.4 Å². The smallest absolute Gasteiger partial charge is 0.264 e. The van der Waals surface area contributed by atoms with E-state index in [4.69, 9.17) is 0 Å². The lowest BCUT2D eigenvalue weighted by molar-refractivity contribution is -0.114. The Balaban J connectivity index is 2.04. The van der Waals surface area contributed by atoms with E-state index in [9.17, 15) is 14.7 Å². The Morgan fingerprint density at radius 2 is 2.28 bits per heavy atom. The first-order valence-electron chi connectivity index (χ1n) is 5.91. The topological polar surface area (TPSA) is 69.6 Å². The molecule has 2 heterocycles. The summed E-state index contributed by atoms with van der Waals surface area (Å²) >= 11 is 1.26. The van der Waals surface area contributed by atoms with Crippen LogP contribution in [0, 0.1) is 0 Å². The first-order valence-corrected chi connectivity index (χ1v) is 6.72. The molecule has 1 fully saturated rings. The van der Waals surface area contributed by atoms with Gasteiger partial charge in [-0.2, -0.15) is 0 Å². The Bertz CT molecular complexity index is 458. The fraction of sp³-hybridized carbons (Fsp3) is 0.500. The first kappa shape index (κ1) is 13.0. The summed E-state index contributed by atoms with van der Waals surface area (Å²) in [4.78, 5) is 25.3. The summed E-state index contributed by atoms with van der Waals surface area (Å²) in [6.07, 6.45) is 1.17. The van der Waals surface area contributed by atoms with Gasteiger partial charge in [-0.05, 0) is 25.0 Å². The number of rotatable bonds is 2. The molecule has 5 nitrogen and oxygen atoms in total. The van der Waals surface area contributed by atoms with Gasteiger partial charge in [0.2, 0.25) is 5.91 Å². The highest BCUT2D eigenvalue weighted by Crippen LogP contribution is 2.24. The molecule has 0 aromatic carbocycles. The van der Waals surface area contributed by atoms with Gasteiger partial charge in [0.1, 0.15) is 0 Å². The van der Waals surface area contributed by atoms with Gasteiger partial charge in [-0.15, -0.1) is 11.3 Å². The second kappa shape index (κ2) is 5.49. The Hall–Kier alpha value is -1.40. The maximum Gasteiger partial charge on any atom is 0.264 e. The Morgan fingerprint density at radius 3 is 2.94 bits per heavy atom. The van der Waals surface area contributed by atoms with Crippen LogP contribution in [0.15, 0.2) is 12.1 Å². The van der Waals surface area contributed by atoms with Crippen molar-refractivity contribution in [3.8, 4) is 0 Å². The van der Waals surface area contributed by atoms with Crippen molar-refractivity contribution in [1.82, 2.24) is 4.90 Å². The van der Waals surface area contributed by atoms with Crippen LogP contribution in [0.25, 0.3) is 0 Å². The SMILES string of the molecule is CC(=O)Nc1ccc(C(=O)N2CCC[C@H](O)C2)s1. The van der Waals surface area contributed by atoms with Gasteiger partial charge in [0, 0.05) is 20.0 Å². The molecular formula is C12H16N2O3S. The molecule has 0 aliphatic carbocycles. The minimum Gasteiger partial charge on any atom is -0.391 e. The summed E-state index contributed by atoms with van der Waals surface area (Å²) in [6.45, 7) is 2.51. The number of hydrogen-bond donors (Lipinski definition) is 2. The number of aliphatic hydroxyl groups excluding tert-OH is 1. The molecule has 6 heteroatoms. The zero-order valence-corrected chi connectivity index (χ0v) is 11.0. The monoisotopic (exact) mass is 268 g/mol. The van der Waals surface area contributed by atoms with E-state index in [2.05, 4.69) is 5.32 Å². The molecule has 98 valence electrons. The number of carbonyl (C=O) groups is 2. The number of likely N-dealkylation sites (tertiary alicyclic amines) is 1. The highest BCUT2D eigenvalue weighted by atomic mass is 32.1. The summed E-state index contributed by atoms with van der Waals surface area (Å²) in [7, 11) is 0. The largest absolute Gasteiger partial charge is 0.391 e. The normalized spacial score (nSPS) is 19.7. The maximum atomic E-state index is 12.2. The molecule has 1 aliphatic rings.